The first kappa shape index (κ1) is 13.7. The molecule has 0 aliphatic carbocycles. The lowest BCUT2D eigenvalue weighted by atomic mass is 10.1. The number of ether oxygens (including phenoxy) is 1. The molecule has 102 valence electrons. The number of hydrogen-bond acceptors (Lipinski definition) is 3. The van der Waals surface area contributed by atoms with Crippen LogP contribution in [0.1, 0.15) is 24.0 Å². The van der Waals surface area contributed by atoms with Gasteiger partial charge in [0.2, 0.25) is 0 Å². The summed E-state index contributed by atoms with van der Waals surface area (Å²) < 4.78 is 43.2. The summed E-state index contributed by atoms with van der Waals surface area (Å²) >= 11 is 0. The highest BCUT2D eigenvalue weighted by Gasteiger charge is 2.31. The number of anilines is 1. The Kier molecular flexibility index (Phi) is 3.96. The van der Waals surface area contributed by atoms with Crippen molar-refractivity contribution in [2.45, 2.75) is 25.1 Å². The Hall–Kier alpha value is -1.74. The molecule has 0 unspecified atom stereocenters. The first-order valence-electron chi connectivity index (χ1n) is 5.96. The second kappa shape index (κ2) is 5.49. The van der Waals surface area contributed by atoms with Gasteiger partial charge in [-0.2, -0.15) is 18.4 Å². The fourth-order valence-electron chi connectivity index (χ4n) is 2.01. The number of hydrogen-bond donors (Lipinski definition) is 1. The van der Waals surface area contributed by atoms with Gasteiger partial charge >= 0.3 is 6.18 Å². The van der Waals surface area contributed by atoms with E-state index in [0.717, 1.165) is 25.0 Å². The van der Waals surface area contributed by atoms with Gasteiger partial charge in [0.05, 0.1) is 23.4 Å². The van der Waals surface area contributed by atoms with Crippen molar-refractivity contribution in [3.05, 3.63) is 29.3 Å². The minimum atomic E-state index is -4.41. The molecule has 0 spiro atoms. The van der Waals surface area contributed by atoms with E-state index in [9.17, 15) is 13.2 Å². The Labute approximate surface area is 109 Å². The van der Waals surface area contributed by atoms with Crippen LogP contribution in [0.15, 0.2) is 18.2 Å². The van der Waals surface area contributed by atoms with Crippen LogP contribution < -0.4 is 5.32 Å². The summed E-state index contributed by atoms with van der Waals surface area (Å²) in [6.45, 7) is 1.12. The van der Waals surface area contributed by atoms with E-state index in [-0.39, 0.29) is 17.3 Å². The second-order valence-electron chi connectivity index (χ2n) is 4.43. The third-order valence-electron chi connectivity index (χ3n) is 2.99. The molecule has 1 heterocycles. The fourth-order valence-corrected chi connectivity index (χ4v) is 2.01. The molecule has 1 aromatic rings. The summed E-state index contributed by atoms with van der Waals surface area (Å²) in [5.74, 6) is 0. The number of alkyl halides is 3. The molecule has 3 nitrogen and oxygen atoms in total. The summed E-state index contributed by atoms with van der Waals surface area (Å²) in [4.78, 5) is 0. The van der Waals surface area contributed by atoms with Crippen molar-refractivity contribution >= 4 is 5.69 Å². The Balaban J connectivity index is 2.23. The second-order valence-corrected chi connectivity index (χ2v) is 4.43. The van der Waals surface area contributed by atoms with Crippen LogP contribution in [0.2, 0.25) is 0 Å². The van der Waals surface area contributed by atoms with Crippen molar-refractivity contribution in [2.24, 2.45) is 0 Å². The standard InChI is InChI=1S/C13H13F3N2O/c14-13(15,16)10-4-3-9(7-17)12(6-10)18-11-2-1-5-19-8-11/h3-4,6,11,18H,1-2,5,8H2/t11-/m1/s1. The fraction of sp³-hybridized carbons (Fsp3) is 0.462. The quantitative estimate of drug-likeness (QED) is 0.897. The molecular weight excluding hydrogens is 257 g/mol. The van der Waals surface area contributed by atoms with Crippen LogP contribution in [0, 0.1) is 11.3 Å². The minimum absolute atomic E-state index is 0.0515. The molecule has 1 aliphatic heterocycles. The van der Waals surface area contributed by atoms with E-state index in [2.05, 4.69) is 5.32 Å². The molecule has 1 saturated heterocycles. The number of benzene rings is 1. The van der Waals surface area contributed by atoms with Gasteiger partial charge < -0.3 is 10.1 Å². The summed E-state index contributed by atoms with van der Waals surface area (Å²) in [6.07, 6.45) is -2.73. The van der Waals surface area contributed by atoms with E-state index in [4.69, 9.17) is 10.00 Å². The Bertz CT molecular complexity index is 488. The zero-order chi connectivity index (χ0) is 13.9. The van der Waals surface area contributed by atoms with Crippen LogP contribution in [-0.2, 0) is 10.9 Å². The van der Waals surface area contributed by atoms with E-state index < -0.39 is 11.7 Å². The maximum Gasteiger partial charge on any atom is 0.416 e. The van der Waals surface area contributed by atoms with Gasteiger partial charge in [0, 0.05) is 12.6 Å². The molecular formula is C13H13F3N2O. The molecule has 6 heteroatoms. The number of nitrogens with zero attached hydrogens (tertiary/aromatic N) is 1. The average Bonchev–Trinajstić information content (AvgIpc) is 2.39. The third-order valence-corrected chi connectivity index (χ3v) is 2.99. The summed E-state index contributed by atoms with van der Waals surface area (Å²) in [7, 11) is 0. The number of halogens is 3. The molecule has 1 fully saturated rings. The SMILES string of the molecule is N#Cc1ccc(C(F)(F)F)cc1N[C@@H]1CCCOC1. The first-order chi connectivity index (χ1) is 9.00. The summed E-state index contributed by atoms with van der Waals surface area (Å²) in [5.41, 5.74) is -0.336. The highest BCUT2D eigenvalue weighted by molar-refractivity contribution is 5.59. The largest absolute Gasteiger partial charge is 0.416 e. The molecule has 0 radical (unpaired) electrons. The molecule has 0 saturated carbocycles. The number of nitrogens with one attached hydrogen (secondary N) is 1. The highest BCUT2D eigenvalue weighted by Crippen LogP contribution is 2.32. The molecule has 1 aliphatic rings. The third kappa shape index (κ3) is 3.38. The Morgan fingerprint density at radius 1 is 1.37 bits per heavy atom. The van der Waals surface area contributed by atoms with Crippen LogP contribution in [-0.4, -0.2) is 19.3 Å². The zero-order valence-corrected chi connectivity index (χ0v) is 10.1. The van der Waals surface area contributed by atoms with Gasteiger partial charge in [-0.1, -0.05) is 0 Å². The highest BCUT2D eigenvalue weighted by atomic mass is 19.4. The Morgan fingerprint density at radius 3 is 2.74 bits per heavy atom. The van der Waals surface area contributed by atoms with Crippen molar-refractivity contribution in [1.82, 2.24) is 0 Å². The van der Waals surface area contributed by atoms with Crippen molar-refractivity contribution in [1.29, 1.82) is 5.26 Å². The average molecular weight is 270 g/mol. The lowest BCUT2D eigenvalue weighted by Crippen LogP contribution is -2.30. The predicted octanol–water partition coefficient (Wildman–Crippen LogP) is 3.17. The smallest absolute Gasteiger partial charge is 0.379 e. The number of nitriles is 1. The monoisotopic (exact) mass is 270 g/mol. The lowest BCUT2D eigenvalue weighted by molar-refractivity contribution is -0.137. The van der Waals surface area contributed by atoms with Crippen LogP contribution >= 0.6 is 0 Å². The van der Waals surface area contributed by atoms with E-state index in [0.29, 0.717) is 13.2 Å². The van der Waals surface area contributed by atoms with E-state index in [1.807, 2.05) is 6.07 Å². The molecule has 0 aromatic heterocycles. The van der Waals surface area contributed by atoms with Crippen LogP contribution in [0.25, 0.3) is 0 Å². The van der Waals surface area contributed by atoms with Gasteiger partial charge in [-0.3, -0.25) is 0 Å². The Morgan fingerprint density at radius 2 is 2.16 bits per heavy atom. The molecule has 1 aromatic carbocycles. The van der Waals surface area contributed by atoms with Gasteiger partial charge in [-0.05, 0) is 31.0 Å². The van der Waals surface area contributed by atoms with E-state index in [1.54, 1.807) is 0 Å². The zero-order valence-electron chi connectivity index (χ0n) is 10.1. The minimum Gasteiger partial charge on any atom is -0.379 e. The number of rotatable bonds is 2. The molecule has 1 N–H and O–H groups in total. The van der Waals surface area contributed by atoms with Gasteiger partial charge in [-0.15, -0.1) is 0 Å². The van der Waals surface area contributed by atoms with Gasteiger partial charge in [0.15, 0.2) is 0 Å². The van der Waals surface area contributed by atoms with Crippen molar-refractivity contribution in [3.8, 4) is 6.07 Å². The van der Waals surface area contributed by atoms with E-state index in [1.165, 1.54) is 6.07 Å². The van der Waals surface area contributed by atoms with Crippen LogP contribution in [0.4, 0.5) is 18.9 Å². The molecule has 0 amide bonds. The molecule has 2 rings (SSSR count). The van der Waals surface area contributed by atoms with Gasteiger partial charge in [0.25, 0.3) is 0 Å². The topological polar surface area (TPSA) is 45.0 Å². The molecule has 19 heavy (non-hydrogen) atoms. The lowest BCUT2D eigenvalue weighted by Gasteiger charge is -2.25. The van der Waals surface area contributed by atoms with Crippen LogP contribution in [0.5, 0.6) is 0 Å². The summed E-state index contributed by atoms with van der Waals surface area (Å²) in [5, 5.41) is 11.9. The van der Waals surface area contributed by atoms with Crippen molar-refractivity contribution in [2.75, 3.05) is 18.5 Å². The van der Waals surface area contributed by atoms with Gasteiger partial charge in [0.1, 0.15) is 6.07 Å². The van der Waals surface area contributed by atoms with E-state index >= 15 is 0 Å². The van der Waals surface area contributed by atoms with Crippen molar-refractivity contribution in [3.63, 3.8) is 0 Å². The first-order valence-corrected chi connectivity index (χ1v) is 5.96. The van der Waals surface area contributed by atoms with Gasteiger partial charge in [-0.25, -0.2) is 0 Å². The maximum atomic E-state index is 12.6. The normalized spacial score (nSPS) is 19.8. The summed E-state index contributed by atoms with van der Waals surface area (Å²) in [6, 6.07) is 4.93. The van der Waals surface area contributed by atoms with Crippen LogP contribution in [0.3, 0.4) is 0 Å². The molecule has 1 atom stereocenters. The predicted molar refractivity (Wildman–Crippen MR) is 63.6 cm³/mol. The molecule has 0 bridgehead atoms. The van der Waals surface area contributed by atoms with Crippen molar-refractivity contribution < 1.29 is 17.9 Å². The maximum absolute atomic E-state index is 12.6.